The van der Waals surface area contributed by atoms with Gasteiger partial charge >= 0.3 is 0 Å². The lowest BCUT2D eigenvalue weighted by molar-refractivity contribution is -0.0230. The molecule has 2 N–H and O–H groups in total. The predicted octanol–water partition coefficient (Wildman–Crippen LogP) is 2.74. The standard InChI is InChI=1S/C14H27N3O/c1-6-18-14(4,5)9-17-10-16-8-13(17)12(15)7-11(2)3/h8,10-12H,6-7,9,15H2,1-5H3. The summed E-state index contributed by atoms with van der Waals surface area (Å²) in [5, 5.41) is 0. The molecule has 104 valence electrons. The van der Waals surface area contributed by atoms with Gasteiger partial charge in [-0.25, -0.2) is 4.98 Å². The molecule has 1 aromatic rings. The summed E-state index contributed by atoms with van der Waals surface area (Å²) in [4.78, 5) is 4.22. The van der Waals surface area contributed by atoms with E-state index < -0.39 is 0 Å². The number of nitrogens with two attached hydrogens (primary N) is 1. The van der Waals surface area contributed by atoms with Crippen molar-refractivity contribution in [1.82, 2.24) is 9.55 Å². The van der Waals surface area contributed by atoms with Crippen molar-refractivity contribution in [1.29, 1.82) is 0 Å². The first-order valence-electron chi connectivity index (χ1n) is 6.75. The molecule has 1 atom stereocenters. The van der Waals surface area contributed by atoms with Gasteiger partial charge in [-0.3, -0.25) is 0 Å². The van der Waals surface area contributed by atoms with E-state index in [0.717, 1.165) is 25.3 Å². The summed E-state index contributed by atoms with van der Waals surface area (Å²) < 4.78 is 7.84. The van der Waals surface area contributed by atoms with Crippen LogP contribution in [0, 0.1) is 5.92 Å². The van der Waals surface area contributed by atoms with Crippen molar-refractivity contribution in [2.45, 2.75) is 59.2 Å². The SMILES string of the molecule is CCOC(C)(C)Cn1cncc1C(N)CC(C)C. The van der Waals surface area contributed by atoms with E-state index in [1.807, 2.05) is 19.4 Å². The van der Waals surface area contributed by atoms with Crippen LogP contribution in [-0.4, -0.2) is 21.8 Å². The van der Waals surface area contributed by atoms with E-state index in [4.69, 9.17) is 10.5 Å². The van der Waals surface area contributed by atoms with Crippen molar-refractivity contribution in [3.63, 3.8) is 0 Å². The maximum atomic E-state index is 6.23. The molecular formula is C14H27N3O. The van der Waals surface area contributed by atoms with Crippen LogP contribution in [0.3, 0.4) is 0 Å². The molecule has 0 saturated carbocycles. The smallest absolute Gasteiger partial charge is 0.0949 e. The maximum Gasteiger partial charge on any atom is 0.0949 e. The molecule has 0 aliphatic rings. The summed E-state index contributed by atoms with van der Waals surface area (Å²) in [7, 11) is 0. The van der Waals surface area contributed by atoms with Crippen molar-refractivity contribution in [2.24, 2.45) is 11.7 Å². The van der Waals surface area contributed by atoms with Gasteiger partial charge in [-0.15, -0.1) is 0 Å². The van der Waals surface area contributed by atoms with Gasteiger partial charge in [-0.2, -0.15) is 0 Å². The molecule has 4 nitrogen and oxygen atoms in total. The lowest BCUT2D eigenvalue weighted by Gasteiger charge is -2.27. The van der Waals surface area contributed by atoms with Crippen LogP contribution in [0.2, 0.25) is 0 Å². The highest BCUT2D eigenvalue weighted by molar-refractivity contribution is 5.05. The molecule has 0 aliphatic carbocycles. The van der Waals surface area contributed by atoms with Gasteiger partial charge < -0.3 is 15.0 Å². The molecule has 0 aromatic carbocycles. The summed E-state index contributed by atoms with van der Waals surface area (Å²) in [5.41, 5.74) is 7.13. The molecule has 0 aliphatic heterocycles. The fourth-order valence-electron chi connectivity index (χ4n) is 2.25. The molecule has 0 bridgehead atoms. The minimum atomic E-state index is -0.193. The average molecular weight is 253 g/mol. The van der Waals surface area contributed by atoms with Gasteiger partial charge in [0.05, 0.1) is 24.2 Å². The first-order chi connectivity index (χ1) is 8.35. The Bertz CT molecular complexity index is 358. The van der Waals surface area contributed by atoms with Crippen LogP contribution in [0.4, 0.5) is 0 Å². The summed E-state index contributed by atoms with van der Waals surface area (Å²) in [6, 6.07) is 0.0462. The van der Waals surface area contributed by atoms with Crippen molar-refractivity contribution in [3.8, 4) is 0 Å². The number of nitrogens with zero attached hydrogens (tertiary/aromatic N) is 2. The third-order valence-corrected chi connectivity index (χ3v) is 2.94. The minimum absolute atomic E-state index is 0.0462. The van der Waals surface area contributed by atoms with Gasteiger partial charge in [0.2, 0.25) is 0 Å². The molecule has 1 aromatic heterocycles. The number of rotatable bonds is 7. The summed E-state index contributed by atoms with van der Waals surface area (Å²) in [5.74, 6) is 0.586. The molecule has 0 radical (unpaired) electrons. The largest absolute Gasteiger partial charge is 0.374 e. The Hall–Kier alpha value is -0.870. The number of imidazole rings is 1. The van der Waals surface area contributed by atoms with E-state index in [2.05, 4.69) is 37.2 Å². The number of hydrogen-bond donors (Lipinski definition) is 1. The van der Waals surface area contributed by atoms with Crippen LogP contribution in [0.1, 0.15) is 52.8 Å². The second-order valence-corrected chi connectivity index (χ2v) is 5.88. The normalized spacial score (nSPS) is 14.2. The third kappa shape index (κ3) is 4.42. The summed E-state index contributed by atoms with van der Waals surface area (Å²) >= 11 is 0. The predicted molar refractivity (Wildman–Crippen MR) is 74.3 cm³/mol. The van der Waals surface area contributed by atoms with E-state index in [0.29, 0.717) is 5.92 Å². The van der Waals surface area contributed by atoms with E-state index in [-0.39, 0.29) is 11.6 Å². The van der Waals surface area contributed by atoms with Crippen molar-refractivity contribution >= 4 is 0 Å². The average Bonchev–Trinajstić information content (AvgIpc) is 2.63. The molecule has 1 rings (SSSR count). The molecule has 1 heterocycles. The first-order valence-corrected chi connectivity index (χ1v) is 6.75. The Kier molecular flexibility index (Phi) is 5.35. The van der Waals surface area contributed by atoms with E-state index in [9.17, 15) is 0 Å². The highest BCUT2D eigenvalue weighted by atomic mass is 16.5. The van der Waals surface area contributed by atoms with Gasteiger partial charge in [0, 0.05) is 18.8 Å². The lowest BCUT2D eigenvalue weighted by atomic mass is 10.0. The van der Waals surface area contributed by atoms with E-state index in [1.165, 1.54) is 0 Å². The zero-order valence-electron chi connectivity index (χ0n) is 12.3. The van der Waals surface area contributed by atoms with Crippen LogP contribution in [0.5, 0.6) is 0 Å². The van der Waals surface area contributed by atoms with Crippen LogP contribution >= 0.6 is 0 Å². The van der Waals surface area contributed by atoms with Crippen molar-refractivity contribution < 1.29 is 4.74 Å². The summed E-state index contributed by atoms with van der Waals surface area (Å²) in [6.07, 6.45) is 4.69. The van der Waals surface area contributed by atoms with E-state index >= 15 is 0 Å². The Morgan fingerprint density at radius 3 is 2.67 bits per heavy atom. The van der Waals surface area contributed by atoms with Crippen molar-refractivity contribution in [3.05, 3.63) is 18.2 Å². The van der Waals surface area contributed by atoms with Crippen LogP contribution < -0.4 is 5.73 Å². The fraction of sp³-hybridized carbons (Fsp3) is 0.786. The van der Waals surface area contributed by atoms with E-state index in [1.54, 1.807) is 0 Å². The quantitative estimate of drug-likeness (QED) is 0.813. The first kappa shape index (κ1) is 15.2. The Morgan fingerprint density at radius 1 is 1.44 bits per heavy atom. The molecule has 1 unspecified atom stereocenters. The highest BCUT2D eigenvalue weighted by Crippen LogP contribution is 2.21. The van der Waals surface area contributed by atoms with Crippen LogP contribution in [0.25, 0.3) is 0 Å². The van der Waals surface area contributed by atoms with Gasteiger partial charge in [-0.05, 0) is 33.1 Å². The lowest BCUT2D eigenvalue weighted by Crippen LogP contribution is -2.32. The molecule has 4 heteroatoms. The van der Waals surface area contributed by atoms with Gasteiger partial charge in [-0.1, -0.05) is 13.8 Å². The zero-order valence-corrected chi connectivity index (χ0v) is 12.3. The second kappa shape index (κ2) is 6.34. The van der Waals surface area contributed by atoms with Crippen molar-refractivity contribution in [2.75, 3.05) is 6.61 Å². The molecule has 0 fully saturated rings. The number of ether oxygens (including phenoxy) is 1. The van der Waals surface area contributed by atoms with Crippen LogP contribution in [0.15, 0.2) is 12.5 Å². The highest BCUT2D eigenvalue weighted by Gasteiger charge is 2.21. The molecule has 0 spiro atoms. The number of aromatic nitrogens is 2. The molecule has 18 heavy (non-hydrogen) atoms. The Balaban J connectivity index is 2.76. The minimum Gasteiger partial charge on any atom is -0.374 e. The molecule has 0 saturated heterocycles. The van der Waals surface area contributed by atoms with Crippen LogP contribution in [-0.2, 0) is 11.3 Å². The van der Waals surface area contributed by atoms with Gasteiger partial charge in [0.1, 0.15) is 0 Å². The zero-order chi connectivity index (χ0) is 13.8. The molecule has 0 amide bonds. The fourth-order valence-corrected chi connectivity index (χ4v) is 2.25. The Morgan fingerprint density at radius 2 is 2.11 bits per heavy atom. The second-order valence-electron chi connectivity index (χ2n) is 5.88. The topological polar surface area (TPSA) is 53.1 Å². The maximum absolute atomic E-state index is 6.23. The molecular weight excluding hydrogens is 226 g/mol. The Labute approximate surface area is 111 Å². The van der Waals surface area contributed by atoms with Gasteiger partial charge in [0.15, 0.2) is 0 Å². The monoisotopic (exact) mass is 253 g/mol. The number of hydrogen-bond acceptors (Lipinski definition) is 3. The third-order valence-electron chi connectivity index (χ3n) is 2.94. The van der Waals surface area contributed by atoms with Gasteiger partial charge in [0.25, 0.3) is 0 Å². The summed E-state index contributed by atoms with van der Waals surface area (Å²) in [6.45, 7) is 12.1.